The van der Waals surface area contributed by atoms with E-state index >= 15 is 0 Å². The standard InChI is InChI=1S/C13H16BrN3O/c1-3-6-17-12(8-16-13(17)15)10-7-9(18-2)4-5-11(10)14/h3-5,7,12H,1,6,8H2,2H3,(H2,15,16). The molecule has 0 radical (unpaired) electrons. The van der Waals surface area contributed by atoms with Crippen LogP contribution in [0.25, 0.3) is 0 Å². The van der Waals surface area contributed by atoms with Crippen LogP contribution in [-0.2, 0) is 0 Å². The third-order valence-corrected chi connectivity index (χ3v) is 3.71. The molecule has 2 N–H and O–H groups in total. The molecule has 0 bridgehead atoms. The summed E-state index contributed by atoms with van der Waals surface area (Å²) in [5.41, 5.74) is 7.02. The molecule has 0 spiro atoms. The van der Waals surface area contributed by atoms with Crippen molar-refractivity contribution in [1.82, 2.24) is 4.90 Å². The Morgan fingerprint density at radius 1 is 1.67 bits per heavy atom. The van der Waals surface area contributed by atoms with Gasteiger partial charge in [-0.05, 0) is 23.8 Å². The van der Waals surface area contributed by atoms with Gasteiger partial charge in [0.2, 0.25) is 0 Å². The first-order valence-corrected chi connectivity index (χ1v) is 6.47. The molecule has 1 aliphatic rings. The van der Waals surface area contributed by atoms with E-state index in [0.717, 1.165) is 15.8 Å². The number of nitrogens with two attached hydrogens (primary N) is 1. The van der Waals surface area contributed by atoms with E-state index in [2.05, 4.69) is 27.5 Å². The van der Waals surface area contributed by atoms with Gasteiger partial charge >= 0.3 is 0 Å². The second kappa shape index (κ2) is 5.44. The quantitative estimate of drug-likeness (QED) is 0.868. The van der Waals surface area contributed by atoms with E-state index in [1.165, 1.54) is 0 Å². The van der Waals surface area contributed by atoms with Crippen molar-refractivity contribution < 1.29 is 4.74 Å². The Balaban J connectivity index is 2.33. The average molecular weight is 310 g/mol. The molecule has 0 saturated heterocycles. The van der Waals surface area contributed by atoms with Gasteiger partial charge in [0, 0.05) is 11.0 Å². The van der Waals surface area contributed by atoms with Crippen molar-refractivity contribution in [3.05, 3.63) is 40.9 Å². The fourth-order valence-corrected chi connectivity index (χ4v) is 2.57. The molecule has 18 heavy (non-hydrogen) atoms. The highest BCUT2D eigenvalue weighted by Crippen LogP contribution is 2.33. The van der Waals surface area contributed by atoms with Gasteiger partial charge < -0.3 is 15.4 Å². The molecule has 0 aromatic heterocycles. The Hall–Kier alpha value is -1.49. The van der Waals surface area contributed by atoms with E-state index in [4.69, 9.17) is 10.5 Å². The highest BCUT2D eigenvalue weighted by molar-refractivity contribution is 9.10. The monoisotopic (exact) mass is 309 g/mol. The first kappa shape index (κ1) is 13.0. The van der Waals surface area contributed by atoms with Gasteiger partial charge in [0.1, 0.15) is 5.75 Å². The number of methoxy groups -OCH3 is 1. The van der Waals surface area contributed by atoms with Crippen LogP contribution in [0.15, 0.2) is 40.3 Å². The second-order valence-electron chi connectivity index (χ2n) is 4.04. The second-order valence-corrected chi connectivity index (χ2v) is 4.90. The predicted octanol–water partition coefficient (Wildman–Crippen LogP) is 2.32. The number of rotatable bonds is 4. The van der Waals surface area contributed by atoms with Crippen molar-refractivity contribution in [2.45, 2.75) is 6.04 Å². The molecule has 4 nitrogen and oxygen atoms in total. The van der Waals surface area contributed by atoms with Crippen LogP contribution < -0.4 is 10.5 Å². The number of aliphatic imine (C=N–C) groups is 1. The summed E-state index contributed by atoms with van der Waals surface area (Å²) in [6.07, 6.45) is 1.83. The van der Waals surface area contributed by atoms with Crippen LogP contribution in [0.3, 0.4) is 0 Å². The summed E-state index contributed by atoms with van der Waals surface area (Å²) < 4.78 is 6.30. The van der Waals surface area contributed by atoms with Gasteiger partial charge in [-0.1, -0.05) is 22.0 Å². The van der Waals surface area contributed by atoms with Gasteiger partial charge in [-0.3, -0.25) is 4.99 Å². The Morgan fingerprint density at radius 2 is 2.44 bits per heavy atom. The van der Waals surface area contributed by atoms with E-state index in [1.54, 1.807) is 7.11 Å². The molecule has 5 heteroatoms. The number of guanidine groups is 1. The van der Waals surface area contributed by atoms with E-state index in [0.29, 0.717) is 19.0 Å². The molecule has 0 amide bonds. The highest BCUT2D eigenvalue weighted by atomic mass is 79.9. The van der Waals surface area contributed by atoms with E-state index in [-0.39, 0.29) is 6.04 Å². The molecule has 0 saturated carbocycles. The number of hydrogen-bond acceptors (Lipinski definition) is 4. The van der Waals surface area contributed by atoms with Crippen LogP contribution >= 0.6 is 15.9 Å². The Morgan fingerprint density at radius 3 is 3.11 bits per heavy atom. The fourth-order valence-electron chi connectivity index (χ4n) is 2.06. The van der Waals surface area contributed by atoms with Crippen molar-refractivity contribution in [2.75, 3.05) is 20.2 Å². The van der Waals surface area contributed by atoms with Crippen molar-refractivity contribution in [2.24, 2.45) is 10.7 Å². The SMILES string of the molecule is C=CCN1C(N)=NCC1c1cc(OC)ccc1Br. The molecule has 1 aliphatic heterocycles. The number of benzene rings is 1. The van der Waals surface area contributed by atoms with Crippen molar-refractivity contribution in [3.63, 3.8) is 0 Å². The van der Waals surface area contributed by atoms with E-state index in [9.17, 15) is 0 Å². The Kier molecular flexibility index (Phi) is 3.91. The van der Waals surface area contributed by atoms with Gasteiger partial charge in [-0.2, -0.15) is 0 Å². The molecular weight excluding hydrogens is 294 g/mol. The van der Waals surface area contributed by atoms with Crippen LogP contribution in [0.5, 0.6) is 5.75 Å². The molecule has 0 aliphatic carbocycles. The molecule has 1 unspecified atom stereocenters. The number of ether oxygens (including phenoxy) is 1. The summed E-state index contributed by atoms with van der Waals surface area (Å²) >= 11 is 3.57. The summed E-state index contributed by atoms with van der Waals surface area (Å²) in [6, 6.07) is 6.05. The zero-order valence-electron chi connectivity index (χ0n) is 10.3. The highest BCUT2D eigenvalue weighted by Gasteiger charge is 2.28. The lowest BCUT2D eigenvalue weighted by atomic mass is 10.1. The normalized spacial score (nSPS) is 18.7. The van der Waals surface area contributed by atoms with Crippen LogP contribution in [0.2, 0.25) is 0 Å². The number of nitrogens with zero attached hydrogens (tertiary/aromatic N) is 2. The van der Waals surface area contributed by atoms with Crippen LogP contribution in [0.1, 0.15) is 11.6 Å². The first-order valence-electron chi connectivity index (χ1n) is 5.68. The van der Waals surface area contributed by atoms with Crippen LogP contribution in [0.4, 0.5) is 0 Å². The summed E-state index contributed by atoms with van der Waals surface area (Å²) in [5.74, 6) is 1.40. The summed E-state index contributed by atoms with van der Waals surface area (Å²) in [4.78, 5) is 6.34. The fraction of sp³-hybridized carbons (Fsp3) is 0.308. The zero-order chi connectivity index (χ0) is 13.1. The lowest BCUT2D eigenvalue weighted by Crippen LogP contribution is -2.36. The maximum atomic E-state index is 5.90. The molecule has 1 aromatic carbocycles. The minimum Gasteiger partial charge on any atom is -0.497 e. The third kappa shape index (κ3) is 2.36. The summed E-state index contributed by atoms with van der Waals surface area (Å²) in [6.45, 7) is 5.10. The minimum absolute atomic E-state index is 0.132. The van der Waals surface area contributed by atoms with Crippen molar-refractivity contribution in [1.29, 1.82) is 0 Å². The smallest absolute Gasteiger partial charge is 0.192 e. The molecule has 96 valence electrons. The van der Waals surface area contributed by atoms with Gasteiger partial charge in [0.05, 0.1) is 19.7 Å². The Labute approximate surface area is 115 Å². The van der Waals surface area contributed by atoms with Crippen LogP contribution in [0, 0.1) is 0 Å². The van der Waals surface area contributed by atoms with Crippen LogP contribution in [-0.4, -0.2) is 31.1 Å². The maximum absolute atomic E-state index is 5.90. The predicted molar refractivity (Wildman–Crippen MR) is 76.8 cm³/mol. The lowest BCUT2D eigenvalue weighted by molar-refractivity contribution is 0.374. The average Bonchev–Trinajstić information content (AvgIpc) is 2.73. The van der Waals surface area contributed by atoms with Crippen molar-refractivity contribution >= 4 is 21.9 Å². The molecule has 1 heterocycles. The number of hydrogen-bond donors (Lipinski definition) is 1. The zero-order valence-corrected chi connectivity index (χ0v) is 11.9. The third-order valence-electron chi connectivity index (χ3n) is 2.98. The minimum atomic E-state index is 0.132. The van der Waals surface area contributed by atoms with Gasteiger partial charge in [0.15, 0.2) is 5.96 Å². The molecular formula is C13H16BrN3O. The van der Waals surface area contributed by atoms with Gasteiger partial charge in [0.25, 0.3) is 0 Å². The van der Waals surface area contributed by atoms with E-state index in [1.807, 2.05) is 29.2 Å². The van der Waals surface area contributed by atoms with E-state index < -0.39 is 0 Å². The van der Waals surface area contributed by atoms with Gasteiger partial charge in [-0.25, -0.2) is 0 Å². The first-order chi connectivity index (χ1) is 8.67. The van der Waals surface area contributed by atoms with Crippen molar-refractivity contribution in [3.8, 4) is 5.75 Å². The summed E-state index contributed by atoms with van der Waals surface area (Å²) in [7, 11) is 1.66. The molecule has 0 fully saturated rings. The molecule has 1 atom stereocenters. The molecule has 2 rings (SSSR count). The lowest BCUT2D eigenvalue weighted by Gasteiger charge is -2.26. The maximum Gasteiger partial charge on any atom is 0.192 e. The van der Waals surface area contributed by atoms with Gasteiger partial charge in [-0.15, -0.1) is 6.58 Å². The topological polar surface area (TPSA) is 50.8 Å². The summed E-state index contributed by atoms with van der Waals surface area (Å²) in [5, 5.41) is 0. The molecule has 1 aromatic rings. The Bertz CT molecular complexity index is 487. The largest absolute Gasteiger partial charge is 0.497 e. The number of halogens is 1.